The highest BCUT2D eigenvalue weighted by Crippen LogP contribution is 2.20. The number of hydrogen-bond donors (Lipinski definition) is 2. The fourth-order valence-corrected chi connectivity index (χ4v) is 2.01. The van der Waals surface area contributed by atoms with Gasteiger partial charge in [-0.25, -0.2) is 4.79 Å². The molecule has 0 fully saturated rings. The van der Waals surface area contributed by atoms with Gasteiger partial charge in [-0.2, -0.15) is 0 Å². The third kappa shape index (κ3) is 6.06. The van der Waals surface area contributed by atoms with Crippen molar-refractivity contribution in [2.75, 3.05) is 19.8 Å². The topological polar surface area (TPSA) is 50.4 Å². The molecule has 0 aliphatic carbocycles. The Morgan fingerprint density at radius 3 is 2.55 bits per heavy atom. The molecule has 0 bridgehead atoms. The lowest BCUT2D eigenvalue weighted by Gasteiger charge is -2.23. The molecule has 0 saturated heterocycles. The molecule has 112 valence electrons. The Kier molecular flexibility index (Phi) is 7.73. The van der Waals surface area contributed by atoms with Crippen LogP contribution >= 0.6 is 0 Å². The molecule has 4 heteroatoms. The van der Waals surface area contributed by atoms with Crippen LogP contribution in [0.15, 0.2) is 30.3 Å². The first kappa shape index (κ1) is 16.5. The van der Waals surface area contributed by atoms with Crippen LogP contribution in [0.3, 0.4) is 0 Å². The maximum Gasteiger partial charge on any atom is 0.315 e. The van der Waals surface area contributed by atoms with Crippen LogP contribution in [0.4, 0.5) is 4.79 Å². The van der Waals surface area contributed by atoms with Crippen LogP contribution in [-0.4, -0.2) is 25.8 Å². The van der Waals surface area contributed by atoms with Crippen molar-refractivity contribution in [2.45, 2.75) is 33.2 Å². The third-order valence-corrected chi connectivity index (χ3v) is 3.07. The third-order valence-electron chi connectivity index (χ3n) is 3.07. The zero-order chi connectivity index (χ0) is 14.8. The lowest BCUT2D eigenvalue weighted by Crippen LogP contribution is -2.40. The molecule has 0 heterocycles. The van der Waals surface area contributed by atoms with Crippen LogP contribution in [0.25, 0.3) is 0 Å². The van der Waals surface area contributed by atoms with Gasteiger partial charge in [-0.1, -0.05) is 44.2 Å². The van der Waals surface area contributed by atoms with E-state index in [0.717, 1.165) is 18.6 Å². The monoisotopic (exact) mass is 278 g/mol. The second-order valence-electron chi connectivity index (χ2n) is 5.08. The van der Waals surface area contributed by atoms with Gasteiger partial charge in [0.2, 0.25) is 0 Å². The van der Waals surface area contributed by atoms with E-state index in [9.17, 15) is 4.79 Å². The van der Waals surface area contributed by atoms with E-state index in [4.69, 9.17) is 4.74 Å². The number of carbonyl (C=O) groups is 1. The minimum absolute atomic E-state index is 0.0306. The quantitative estimate of drug-likeness (QED) is 0.718. The highest BCUT2D eigenvalue weighted by Gasteiger charge is 2.17. The Hall–Kier alpha value is -1.55. The van der Waals surface area contributed by atoms with Crippen molar-refractivity contribution >= 4 is 6.03 Å². The fourth-order valence-electron chi connectivity index (χ4n) is 2.01. The van der Waals surface area contributed by atoms with Crippen molar-refractivity contribution in [1.82, 2.24) is 10.6 Å². The van der Waals surface area contributed by atoms with Gasteiger partial charge in [0.1, 0.15) is 0 Å². The van der Waals surface area contributed by atoms with E-state index in [1.165, 1.54) is 0 Å². The lowest BCUT2D eigenvalue weighted by molar-refractivity contribution is 0.145. The van der Waals surface area contributed by atoms with Gasteiger partial charge >= 0.3 is 6.03 Å². The van der Waals surface area contributed by atoms with Gasteiger partial charge in [0, 0.05) is 19.8 Å². The molecule has 4 nitrogen and oxygen atoms in total. The number of urea groups is 1. The van der Waals surface area contributed by atoms with E-state index < -0.39 is 0 Å². The Bertz CT molecular complexity index is 379. The zero-order valence-corrected chi connectivity index (χ0v) is 12.7. The van der Waals surface area contributed by atoms with Gasteiger partial charge in [0.05, 0.1) is 6.04 Å². The Labute approximate surface area is 121 Å². The zero-order valence-electron chi connectivity index (χ0n) is 12.7. The maximum atomic E-state index is 11.9. The van der Waals surface area contributed by atoms with Crippen LogP contribution in [0.2, 0.25) is 0 Å². The van der Waals surface area contributed by atoms with E-state index in [1.54, 1.807) is 0 Å². The van der Waals surface area contributed by atoms with Gasteiger partial charge in [0.15, 0.2) is 0 Å². The average molecular weight is 278 g/mol. The molecule has 1 aromatic rings. The van der Waals surface area contributed by atoms with Crippen molar-refractivity contribution in [1.29, 1.82) is 0 Å². The molecule has 0 aliphatic rings. The Balaban J connectivity index is 2.40. The molecule has 0 aliphatic heterocycles. The SMILES string of the molecule is CCOCCCNC(=O)NC(c1ccccc1)C(C)C. The summed E-state index contributed by atoms with van der Waals surface area (Å²) in [7, 11) is 0. The van der Waals surface area contributed by atoms with E-state index in [2.05, 4.69) is 24.5 Å². The summed E-state index contributed by atoms with van der Waals surface area (Å²) < 4.78 is 5.23. The summed E-state index contributed by atoms with van der Waals surface area (Å²) in [6.45, 7) is 8.21. The van der Waals surface area contributed by atoms with Crippen molar-refractivity contribution in [3.05, 3.63) is 35.9 Å². The smallest absolute Gasteiger partial charge is 0.315 e. The molecular formula is C16H26N2O2. The molecule has 2 amide bonds. The first-order valence-electron chi connectivity index (χ1n) is 7.32. The molecule has 0 spiro atoms. The normalized spacial score (nSPS) is 12.2. The summed E-state index contributed by atoms with van der Waals surface area (Å²) in [5, 5.41) is 5.90. The van der Waals surface area contributed by atoms with Crippen molar-refractivity contribution in [2.24, 2.45) is 5.92 Å². The van der Waals surface area contributed by atoms with Crippen LogP contribution < -0.4 is 10.6 Å². The highest BCUT2D eigenvalue weighted by molar-refractivity contribution is 5.74. The molecule has 1 unspecified atom stereocenters. The number of nitrogens with one attached hydrogen (secondary N) is 2. The minimum Gasteiger partial charge on any atom is -0.382 e. The summed E-state index contributed by atoms with van der Waals surface area (Å²) in [6, 6.07) is 9.96. The summed E-state index contributed by atoms with van der Waals surface area (Å²) >= 11 is 0. The van der Waals surface area contributed by atoms with E-state index in [0.29, 0.717) is 19.1 Å². The molecule has 0 radical (unpaired) electrons. The molecule has 0 aromatic heterocycles. The number of carbonyl (C=O) groups excluding carboxylic acids is 1. The second-order valence-corrected chi connectivity index (χ2v) is 5.08. The highest BCUT2D eigenvalue weighted by atomic mass is 16.5. The summed E-state index contributed by atoms with van der Waals surface area (Å²) in [6.07, 6.45) is 0.832. The van der Waals surface area contributed by atoms with Gasteiger partial charge < -0.3 is 15.4 Å². The largest absolute Gasteiger partial charge is 0.382 e. The Morgan fingerprint density at radius 1 is 1.25 bits per heavy atom. The van der Waals surface area contributed by atoms with E-state index in [-0.39, 0.29) is 12.1 Å². The molecule has 2 N–H and O–H groups in total. The van der Waals surface area contributed by atoms with Gasteiger partial charge in [-0.3, -0.25) is 0 Å². The summed E-state index contributed by atoms with van der Waals surface area (Å²) in [5.41, 5.74) is 1.13. The average Bonchev–Trinajstić information content (AvgIpc) is 2.45. The Morgan fingerprint density at radius 2 is 1.95 bits per heavy atom. The molecule has 1 rings (SSSR count). The first-order valence-corrected chi connectivity index (χ1v) is 7.32. The summed E-state index contributed by atoms with van der Waals surface area (Å²) in [4.78, 5) is 11.9. The van der Waals surface area contributed by atoms with Gasteiger partial charge in [-0.05, 0) is 24.8 Å². The van der Waals surface area contributed by atoms with Crippen LogP contribution in [0.5, 0.6) is 0 Å². The van der Waals surface area contributed by atoms with E-state index in [1.807, 2.05) is 37.3 Å². The molecule has 1 aromatic carbocycles. The van der Waals surface area contributed by atoms with Crippen LogP contribution in [0, 0.1) is 5.92 Å². The predicted molar refractivity (Wildman–Crippen MR) is 81.7 cm³/mol. The van der Waals surface area contributed by atoms with E-state index >= 15 is 0 Å². The standard InChI is InChI=1S/C16H26N2O2/c1-4-20-12-8-11-17-16(19)18-15(13(2)3)14-9-6-5-7-10-14/h5-7,9-10,13,15H,4,8,11-12H2,1-3H3,(H2,17,18,19). The van der Waals surface area contributed by atoms with Crippen LogP contribution in [-0.2, 0) is 4.74 Å². The van der Waals surface area contributed by atoms with Crippen molar-refractivity contribution < 1.29 is 9.53 Å². The molecule has 0 saturated carbocycles. The number of ether oxygens (including phenoxy) is 1. The minimum atomic E-state index is -0.121. The first-order chi connectivity index (χ1) is 9.65. The van der Waals surface area contributed by atoms with Gasteiger partial charge in [0.25, 0.3) is 0 Å². The van der Waals surface area contributed by atoms with Crippen LogP contribution in [0.1, 0.15) is 38.8 Å². The maximum absolute atomic E-state index is 11.9. The lowest BCUT2D eigenvalue weighted by atomic mass is 9.96. The second kappa shape index (κ2) is 9.37. The number of benzene rings is 1. The van der Waals surface area contributed by atoms with Crippen molar-refractivity contribution in [3.8, 4) is 0 Å². The fraction of sp³-hybridized carbons (Fsp3) is 0.562. The number of amides is 2. The summed E-state index contributed by atoms with van der Waals surface area (Å²) in [5.74, 6) is 0.339. The number of rotatable bonds is 8. The predicted octanol–water partition coefficient (Wildman–Crippen LogP) is 3.11. The van der Waals surface area contributed by atoms with Gasteiger partial charge in [-0.15, -0.1) is 0 Å². The van der Waals surface area contributed by atoms with Crippen molar-refractivity contribution in [3.63, 3.8) is 0 Å². The molecule has 1 atom stereocenters. The molecule has 20 heavy (non-hydrogen) atoms. The number of hydrogen-bond acceptors (Lipinski definition) is 2. The molecular weight excluding hydrogens is 252 g/mol.